The van der Waals surface area contributed by atoms with Gasteiger partial charge in [-0.1, -0.05) is 12.1 Å². The summed E-state index contributed by atoms with van der Waals surface area (Å²) in [7, 11) is 0. The van der Waals surface area contributed by atoms with E-state index in [9.17, 15) is 14.4 Å². The van der Waals surface area contributed by atoms with Crippen LogP contribution in [0.4, 0.5) is 4.79 Å². The van der Waals surface area contributed by atoms with Gasteiger partial charge in [0.25, 0.3) is 11.1 Å². The largest absolute Gasteiger partial charge is 0.491 e. The lowest BCUT2D eigenvalue weighted by Gasteiger charge is -2.21. The van der Waals surface area contributed by atoms with E-state index in [0.717, 1.165) is 28.0 Å². The first kappa shape index (κ1) is 20.0. The van der Waals surface area contributed by atoms with Crippen LogP contribution in [0.15, 0.2) is 29.2 Å². The first-order chi connectivity index (χ1) is 12.0. The highest BCUT2D eigenvalue weighted by atomic mass is 32.2. The first-order valence-electron chi connectivity index (χ1n) is 8.29. The van der Waals surface area contributed by atoms with Crippen LogP contribution < -0.4 is 4.74 Å². The van der Waals surface area contributed by atoms with Gasteiger partial charge in [-0.2, -0.15) is 0 Å². The summed E-state index contributed by atoms with van der Waals surface area (Å²) in [4.78, 5) is 37.5. The van der Waals surface area contributed by atoms with Gasteiger partial charge < -0.3 is 9.47 Å². The number of hydrogen-bond donors (Lipinski definition) is 0. The summed E-state index contributed by atoms with van der Waals surface area (Å²) in [6, 6.07) is 7.21. The molecule has 2 rings (SSSR count). The van der Waals surface area contributed by atoms with Crippen LogP contribution in [-0.4, -0.2) is 40.3 Å². The zero-order valence-electron chi connectivity index (χ0n) is 15.6. The summed E-state index contributed by atoms with van der Waals surface area (Å²) < 4.78 is 10.7. The van der Waals surface area contributed by atoms with Crippen LogP contribution in [-0.2, 0) is 14.3 Å². The minimum atomic E-state index is -0.672. The van der Waals surface area contributed by atoms with E-state index in [1.165, 1.54) is 0 Å². The Bertz CT molecular complexity index is 731. The molecule has 2 amide bonds. The van der Waals surface area contributed by atoms with Crippen LogP contribution in [0.2, 0.25) is 0 Å². The van der Waals surface area contributed by atoms with Crippen molar-refractivity contribution in [3.8, 4) is 5.75 Å². The van der Waals surface area contributed by atoms with Crippen molar-refractivity contribution in [3.05, 3.63) is 34.7 Å². The van der Waals surface area contributed by atoms with Crippen molar-refractivity contribution in [2.75, 3.05) is 6.54 Å². The van der Waals surface area contributed by atoms with Crippen molar-refractivity contribution >= 4 is 35.0 Å². The summed E-state index contributed by atoms with van der Waals surface area (Å²) in [5.41, 5.74) is 0.0954. The molecular formula is C19H23NO5S. The Balaban J connectivity index is 2.07. The van der Waals surface area contributed by atoms with Crippen molar-refractivity contribution in [3.63, 3.8) is 0 Å². The molecule has 1 aromatic rings. The fourth-order valence-electron chi connectivity index (χ4n) is 2.21. The van der Waals surface area contributed by atoms with Crippen molar-refractivity contribution < 1.29 is 23.9 Å². The molecular weight excluding hydrogens is 354 g/mol. The summed E-state index contributed by atoms with van der Waals surface area (Å²) in [6.45, 7) is 8.67. The van der Waals surface area contributed by atoms with E-state index in [0.29, 0.717) is 0 Å². The molecule has 1 heterocycles. The molecule has 1 fully saturated rings. The maximum atomic E-state index is 12.4. The Morgan fingerprint density at radius 1 is 1.19 bits per heavy atom. The van der Waals surface area contributed by atoms with Gasteiger partial charge in [0, 0.05) is 0 Å². The molecule has 0 aliphatic carbocycles. The van der Waals surface area contributed by atoms with E-state index in [-0.39, 0.29) is 17.6 Å². The van der Waals surface area contributed by atoms with Crippen LogP contribution in [0.25, 0.3) is 6.08 Å². The van der Waals surface area contributed by atoms with Gasteiger partial charge in [0.05, 0.1) is 11.0 Å². The molecule has 6 nitrogen and oxygen atoms in total. The van der Waals surface area contributed by atoms with Gasteiger partial charge in [-0.15, -0.1) is 0 Å². The number of esters is 1. The fourth-order valence-corrected chi connectivity index (χ4v) is 3.04. The minimum absolute atomic E-state index is 0.0743. The Morgan fingerprint density at radius 2 is 1.81 bits per heavy atom. The predicted molar refractivity (Wildman–Crippen MR) is 101 cm³/mol. The normalized spacial score (nSPS) is 16.5. The summed E-state index contributed by atoms with van der Waals surface area (Å²) in [5, 5.41) is -0.480. The van der Waals surface area contributed by atoms with Crippen LogP contribution in [0, 0.1) is 0 Å². The Hall–Kier alpha value is -2.28. The number of ether oxygens (including phenoxy) is 2. The van der Waals surface area contributed by atoms with Crippen molar-refractivity contribution in [1.82, 2.24) is 4.90 Å². The van der Waals surface area contributed by atoms with Gasteiger partial charge in [0.1, 0.15) is 17.9 Å². The molecule has 1 aliphatic rings. The Kier molecular flexibility index (Phi) is 6.13. The van der Waals surface area contributed by atoms with Gasteiger partial charge in [0.2, 0.25) is 0 Å². The monoisotopic (exact) mass is 377 g/mol. The SMILES string of the molecule is CC(C)Oc1ccc(/C=C2/SC(=O)N(CC(=O)OC(C)(C)C)C2=O)cc1. The summed E-state index contributed by atoms with van der Waals surface area (Å²) in [6.07, 6.45) is 1.70. The van der Waals surface area contributed by atoms with Gasteiger partial charge >= 0.3 is 5.97 Å². The Morgan fingerprint density at radius 3 is 2.35 bits per heavy atom. The lowest BCUT2D eigenvalue weighted by atomic mass is 10.2. The molecule has 0 aromatic heterocycles. The number of amides is 2. The van der Waals surface area contributed by atoms with Crippen molar-refractivity contribution in [1.29, 1.82) is 0 Å². The maximum absolute atomic E-state index is 12.4. The summed E-state index contributed by atoms with van der Waals surface area (Å²) in [5.74, 6) is -0.375. The van der Waals surface area contributed by atoms with Gasteiger partial charge in [-0.3, -0.25) is 19.3 Å². The highest BCUT2D eigenvalue weighted by Gasteiger charge is 2.37. The number of nitrogens with zero attached hydrogens (tertiary/aromatic N) is 1. The molecule has 0 saturated carbocycles. The highest BCUT2D eigenvalue weighted by molar-refractivity contribution is 8.18. The van der Waals surface area contributed by atoms with Crippen LogP contribution in [0.5, 0.6) is 5.75 Å². The predicted octanol–water partition coefficient (Wildman–Crippen LogP) is 3.85. The number of hydrogen-bond acceptors (Lipinski definition) is 6. The first-order valence-corrected chi connectivity index (χ1v) is 9.11. The van der Waals surface area contributed by atoms with Gasteiger partial charge in [-0.05, 0) is 70.2 Å². The zero-order valence-corrected chi connectivity index (χ0v) is 16.4. The zero-order chi connectivity index (χ0) is 19.5. The third-order valence-electron chi connectivity index (χ3n) is 3.13. The molecule has 26 heavy (non-hydrogen) atoms. The van der Waals surface area contributed by atoms with Crippen molar-refractivity contribution in [2.24, 2.45) is 0 Å². The Labute approximate surface area is 157 Å². The second kappa shape index (κ2) is 7.95. The van der Waals surface area contributed by atoms with Gasteiger partial charge in [0.15, 0.2) is 0 Å². The molecule has 1 saturated heterocycles. The van der Waals surface area contributed by atoms with Crippen molar-refractivity contribution in [2.45, 2.75) is 46.3 Å². The third-order valence-corrected chi connectivity index (χ3v) is 4.04. The van der Waals surface area contributed by atoms with E-state index < -0.39 is 22.7 Å². The van der Waals surface area contributed by atoms with E-state index in [1.54, 1.807) is 51.1 Å². The number of carbonyl (C=O) groups is 3. The summed E-state index contributed by atoms with van der Waals surface area (Å²) >= 11 is 0.811. The molecule has 0 unspecified atom stereocenters. The average molecular weight is 377 g/mol. The number of benzene rings is 1. The topological polar surface area (TPSA) is 72.9 Å². The van der Waals surface area contributed by atoms with E-state index in [1.807, 2.05) is 13.8 Å². The molecule has 7 heteroatoms. The fraction of sp³-hybridized carbons (Fsp3) is 0.421. The van der Waals surface area contributed by atoms with Gasteiger partial charge in [-0.25, -0.2) is 0 Å². The second-order valence-electron chi connectivity index (χ2n) is 7.09. The maximum Gasteiger partial charge on any atom is 0.326 e. The average Bonchev–Trinajstić information content (AvgIpc) is 2.74. The third kappa shape index (κ3) is 5.62. The molecule has 1 aliphatic heterocycles. The quantitative estimate of drug-likeness (QED) is 0.573. The van der Waals surface area contributed by atoms with E-state index >= 15 is 0 Å². The van der Waals surface area contributed by atoms with Crippen LogP contribution >= 0.6 is 11.8 Å². The highest BCUT2D eigenvalue weighted by Crippen LogP contribution is 2.32. The lowest BCUT2D eigenvalue weighted by molar-refractivity contribution is -0.156. The van der Waals surface area contributed by atoms with E-state index in [2.05, 4.69) is 0 Å². The van der Waals surface area contributed by atoms with E-state index in [4.69, 9.17) is 9.47 Å². The molecule has 0 bridgehead atoms. The van der Waals surface area contributed by atoms with Crippen LogP contribution in [0.1, 0.15) is 40.2 Å². The molecule has 0 N–H and O–H groups in total. The number of rotatable bonds is 5. The second-order valence-corrected chi connectivity index (χ2v) is 8.08. The number of thioether (sulfide) groups is 1. The minimum Gasteiger partial charge on any atom is -0.491 e. The molecule has 0 spiro atoms. The molecule has 0 atom stereocenters. The standard InChI is InChI=1S/C19H23NO5S/c1-12(2)24-14-8-6-13(7-9-14)10-15-17(22)20(18(23)26-15)11-16(21)25-19(3,4)5/h6-10,12H,11H2,1-5H3/b15-10+. The molecule has 0 radical (unpaired) electrons. The smallest absolute Gasteiger partial charge is 0.326 e. The number of imide groups is 1. The lowest BCUT2D eigenvalue weighted by Crippen LogP contribution is -2.37. The molecule has 1 aromatic carbocycles. The number of carbonyl (C=O) groups excluding carboxylic acids is 3. The van der Waals surface area contributed by atoms with Crippen LogP contribution in [0.3, 0.4) is 0 Å². The molecule has 140 valence electrons.